The van der Waals surface area contributed by atoms with Gasteiger partial charge in [-0.3, -0.25) is 35.5 Å². The Labute approximate surface area is 199 Å². The minimum Gasteiger partial charge on any atom is -0.454 e. The summed E-state index contributed by atoms with van der Waals surface area (Å²) in [7, 11) is 0. The lowest BCUT2D eigenvalue weighted by molar-refractivity contribution is -0.384. The van der Waals surface area contributed by atoms with Gasteiger partial charge in [0.25, 0.3) is 11.6 Å². The number of benzene rings is 2. The molecule has 0 spiro atoms. The van der Waals surface area contributed by atoms with Crippen molar-refractivity contribution in [3.63, 3.8) is 0 Å². The molecule has 0 radical (unpaired) electrons. The van der Waals surface area contributed by atoms with E-state index in [4.69, 9.17) is 4.42 Å². The Morgan fingerprint density at radius 2 is 1.74 bits per heavy atom. The summed E-state index contributed by atoms with van der Waals surface area (Å²) in [5.74, 6) is -1.38. The zero-order valence-corrected chi connectivity index (χ0v) is 19.4. The van der Waals surface area contributed by atoms with Gasteiger partial charge < -0.3 is 4.42 Å². The molecule has 0 aliphatic carbocycles. The van der Waals surface area contributed by atoms with Crippen molar-refractivity contribution in [2.75, 3.05) is 13.1 Å². The lowest BCUT2D eigenvalue weighted by atomic mass is 10.2. The van der Waals surface area contributed by atoms with Gasteiger partial charge in [0.15, 0.2) is 5.76 Å². The monoisotopic (exact) mass is 486 g/mol. The predicted octanol–water partition coefficient (Wildman–Crippen LogP) is 4.39. The number of halogens is 1. The van der Waals surface area contributed by atoms with Crippen molar-refractivity contribution in [1.29, 1.82) is 0 Å². The van der Waals surface area contributed by atoms with Gasteiger partial charge in [0.1, 0.15) is 11.6 Å². The summed E-state index contributed by atoms with van der Waals surface area (Å²) in [6.07, 6.45) is 0. The number of carbonyl (C=O) groups is 2. The fourth-order valence-corrected chi connectivity index (χ4v) is 3.99. The van der Waals surface area contributed by atoms with Gasteiger partial charge in [-0.05, 0) is 43.4 Å². The third-order valence-corrected chi connectivity index (χ3v) is 6.05. The molecule has 0 unspecified atom stereocenters. The van der Waals surface area contributed by atoms with Crippen molar-refractivity contribution in [3.8, 4) is 0 Å². The molecule has 2 N–H and O–H groups in total. The summed E-state index contributed by atoms with van der Waals surface area (Å²) in [5.41, 5.74) is 4.07. The third kappa shape index (κ3) is 6.21. The van der Waals surface area contributed by atoms with Crippen LogP contribution < -0.4 is 10.9 Å². The Hall–Kier alpha value is -3.70. The molecular formula is C23H23FN4O5S. The minimum absolute atomic E-state index is 0.00227. The standard InChI is InChI=1S/C23H23FN4O5S/c1-3-27(4-2)14-16-10-11-19(33-16)23(30)26-25-22(29)17-13-15(28(31)32)9-12-20(17)34-21-8-6-5-7-18(21)24/h5-13H,3-4,14H2,1-2H3,(H,25,29)(H,26,30). The first kappa shape index (κ1) is 24.9. The lowest BCUT2D eigenvalue weighted by Crippen LogP contribution is -2.41. The van der Waals surface area contributed by atoms with Gasteiger partial charge in [-0.1, -0.05) is 37.7 Å². The second-order valence-corrected chi connectivity index (χ2v) is 8.19. The first-order valence-corrected chi connectivity index (χ1v) is 11.3. The summed E-state index contributed by atoms with van der Waals surface area (Å²) in [6.45, 7) is 6.22. The van der Waals surface area contributed by atoms with Crippen LogP contribution in [-0.2, 0) is 6.54 Å². The number of hydrazine groups is 1. The molecule has 178 valence electrons. The van der Waals surface area contributed by atoms with E-state index < -0.39 is 22.6 Å². The van der Waals surface area contributed by atoms with Crippen molar-refractivity contribution in [2.45, 2.75) is 30.2 Å². The maximum atomic E-state index is 14.1. The van der Waals surface area contributed by atoms with Crippen LogP contribution in [0.3, 0.4) is 0 Å². The normalized spacial score (nSPS) is 10.8. The second-order valence-electron chi connectivity index (χ2n) is 7.11. The van der Waals surface area contributed by atoms with Gasteiger partial charge in [0.05, 0.1) is 17.0 Å². The molecule has 0 saturated carbocycles. The fraction of sp³-hybridized carbons (Fsp3) is 0.217. The van der Waals surface area contributed by atoms with E-state index in [0.29, 0.717) is 12.3 Å². The summed E-state index contributed by atoms with van der Waals surface area (Å²) < 4.78 is 19.6. The number of nitro benzene ring substituents is 1. The van der Waals surface area contributed by atoms with Crippen LogP contribution in [0.5, 0.6) is 0 Å². The maximum absolute atomic E-state index is 14.1. The molecule has 2 amide bonds. The largest absolute Gasteiger partial charge is 0.454 e. The van der Waals surface area contributed by atoms with E-state index in [1.54, 1.807) is 12.1 Å². The quantitative estimate of drug-likeness (QED) is 0.340. The highest BCUT2D eigenvalue weighted by Crippen LogP contribution is 2.34. The van der Waals surface area contributed by atoms with Gasteiger partial charge >= 0.3 is 5.91 Å². The van der Waals surface area contributed by atoms with E-state index in [1.807, 2.05) is 13.8 Å². The van der Waals surface area contributed by atoms with Crippen LogP contribution in [0, 0.1) is 15.9 Å². The first-order chi connectivity index (χ1) is 16.3. The summed E-state index contributed by atoms with van der Waals surface area (Å²) in [5, 5.41) is 11.2. The average molecular weight is 487 g/mol. The SMILES string of the molecule is CCN(CC)Cc1ccc(C(=O)NNC(=O)c2cc([N+](=O)[O-])ccc2Sc2ccccc2F)o1. The number of rotatable bonds is 9. The number of hydrogen-bond acceptors (Lipinski definition) is 7. The van der Waals surface area contributed by atoms with E-state index in [-0.39, 0.29) is 26.8 Å². The van der Waals surface area contributed by atoms with Crippen LogP contribution in [0.1, 0.15) is 40.5 Å². The molecule has 34 heavy (non-hydrogen) atoms. The molecular weight excluding hydrogens is 463 g/mol. The Bertz CT molecular complexity index is 1200. The molecule has 9 nitrogen and oxygen atoms in total. The molecule has 2 aromatic carbocycles. The molecule has 0 aliphatic rings. The van der Waals surface area contributed by atoms with E-state index in [1.165, 1.54) is 36.4 Å². The zero-order chi connectivity index (χ0) is 24.7. The molecule has 11 heteroatoms. The van der Waals surface area contributed by atoms with Crippen LogP contribution >= 0.6 is 11.8 Å². The molecule has 0 aliphatic heterocycles. The van der Waals surface area contributed by atoms with Gasteiger partial charge in [-0.2, -0.15) is 0 Å². The molecule has 1 aromatic heterocycles. The van der Waals surface area contributed by atoms with Crippen LogP contribution in [0.2, 0.25) is 0 Å². The van der Waals surface area contributed by atoms with Crippen LogP contribution in [0.25, 0.3) is 0 Å². The maximum Gasteiger partial charge on any atom is 0.305 e. The average Bonchev–Trinajstić information content (AvgIpc) is 3.31. The van der Waals surface area contributed by atoms with Crippen LogP contribution in [-0.4, -0.2) is 34.7 Å². The number of amides is 2. The topological polar surface area (TPSA) is 118 Å². The van der Waals surface area contributed by atoms with Crippen LogP contribution in [0.15, 0.2) is 68.8 Å². The Morgan fingerprint density at radius 3 is 2.41 bits per heavy atom. The minimum atomic E-state index is -0.800. The van der Waals surface area contributed by atoms with Gasteiger partial charge in [0, 0.05) is 21.9 Å². The van der Waals surface area contributed by atoms with Crippen molar-refractivity contribution in [2.24, 2.45) is 0 Å². The number of nitrogens with zero attached hydrogens (tertiary/aromatic N) is 2. The summed E-state index contributed by atoms with van der Waals surface area (Å²) in [6, 6.07) is 12.8. The van der Waals surface area contributed by atoms with E-state index in [2.05, 4.69) is 15.8 Å². The van der Waals surface area contributed by atoms with Gasteiger partial charge in [0.2, 0.25) is 0 Å². The van der Waals surface area contributed by atoms with Crippen molar-refractivity contribution >= 4 is 29.3 Å². The number of carbonyl (C=O) groups excluding carboxylic acids is 2. The van der Waals surface area contributed by atoms with Crippen molar-refractivity contribution < 1.29 is 23.3 Å². The molecule has 1 heterocycles. The smallest absolute Gasteiger partial charge is 0.305 e. The molecule has 0 atom stereocenters. The Kier molecular flexibility index (Phi) is 8.39. The summed E-state index contributed by atoms with van der Waals surface area (Å²) in [4.78, 5) is 38.4. The highest BCUT2D eigenvalue weighted by atomic mass is 32.2. The third-order valence-electron chi connectivity index (χ3n) is 4.92. The predicted molar refractivity (Wildman–Crippen MR) is 124 cm³/mol. The molecule has 0 fully saturated rings. The van der Waals surface area contributed by atoms with Crippen molar-refractivity contribution in [1.82, 2.24) is 15.8 Å². The molecule has 0 bridgehead atoms. The fourth-order valence-electron chi connectivity index (χ4n) is 3.04. The van der Waals surface area contributed by atoms with E-state index in [0.717, 1.165) is 30.9 Å². The molecule has 3 aromatic rings. The second kappa shape index (κ2) is 11.4. The van der Waals surface area contributed by atoms with E-state index >= 15 is 0 Å². The first-order valence-electron chi connectivity index (χ1n) is 10.4. The number of furan rings is 1. The number of nitro groups is 1. The van der Waals surface area contributed by atoms with Gasteiger partial charge in [-0.15, -0.1) is 0 Å². The Balaban J connectivity index is 1.74. The van der Waals surface area contributed by atoms with Crippen LogP contribution in [0.4, 0.5) is 10.1 Å². The summed E-state index contributed by atoms with van der Waals surface area (Å²) >= 11 is 0.939. The van der Waals surface area contributed by atoms with Gasteiger partial charge in [-0.25, -0.2) is 4.39 Å². The number of non-ortho nitro benzene ring substituents is 1. The van der Waals surface area contributed by atoms with E-state index in [9.17, 15) is 24.1 Å². The zero-order valence-electron chi connectivity index (χ0n) is 18.5. The molecule has 0 saturated heterocycles. The van der Waals surface area contributed by atoms with Crippen molar-refractivity contribution in [3.05, 3.63) is 87.6 Å². The lowest BCUT2D eigenvalue weighted by Gasteiger charge is -2.15. The molecule has 3 rings (SSSR count). The highest BCUT2D eigenvalue weighted by molar-refractivity contribution is 7.99. The number of hydrogen-bond donors (Lipinski definition) is 2. The Morgan fingerprint density at radius 1 is 1.03 bits per heavy atom. The highest BCUT2D eigenvalue weighted by Gasteiger charge is 2.20. The number of nitrogens with one attached hydrogen (secondary N) is 2.